The molecule has 0 spiro atoms. The molecule has 0 radical (unpaired) electrons. The molecule has 0 saturated heterocycles. The molecular weight excluding hydrogens is 365 g/mol. The Balaban J connectivity index is 2.43. The van der Waals surface area contributed by atoms with Crippen LogP contribution in [0.2, 0.25) is 0 Å². The smallest absolute Gasteiger partial charge is 0.364 e. The molecule has 2 N–H and O–H groups in total. The van der Waals surface area contributed by atoms with Gasteiger partial charge in [0.1, 0.15) is 11.8 Å². The quantitative estimate of drug-likeness (QED) is 0.474. The van der Waals surface area contributed by atoms with Gasteiger partial charge in [-0.25, -0.2) is 15.0 Å². The summed E-state index contributed by atoms with van der Waals surface area (Å²) < 4.78 is 26.1. The number of nitrogens with zero attached hydrogens (tertiary/aromatic N) is 4. The highest BCUT2D eigenvalue weighted by Crippen LogP contribution is 2.57. The zero-order chi connectivity index (χ0) is 19.9. The lowest BCUT2D eigenvalue weighted by Gasteiger charge is -2.18. The van der Waals surface area contributed by atoms with E-state index in [-0.39, 0.29) is 0 Å². The lowest BCUT2D eigenvalue weighted by atomic mass is 10.2. The van der Waals surface area contributed by atoms with Crippen molar-refractivity contribution in [3.05, 3.63) is 29.3 Å². The second-order valence-electron chi connectivity index (χ2n) is 6.09. The number of rotatable bonds is 10. The minimum atomic E-state index is -3.34. The van der Waals surface area contributed by atoms with Gasteiger partial charge in [0.15, 0.2) is 11.5 Å². The molecule has 2 aromatic heterocycles. The third-order valence-electron chi connectivity index (χ3n) is 3.89. The van der Waals surface area contributed by atoms with Crippen LogP contribution in [0.4, 0.5) is 5.82 Å². The predicted molar refractivity (Wildman–Crippen MR) is 106 cm³/mol. The molecule has 0 aliphatic carbocycles. The molecule has 2 aromatic rings. The van der Waals surface area contributed by atoms with E-state index in [9.17, 15) is 4.57 Å². The molecular formula is C18H28N5O3P. The predicted octanol–water partition coefficient (Wildman–Crippen LogP) is 4.29. The number of allylic oxidation sites excluding steroid dienone is 1. The van der Waals surface area contributed by atoms with E-state index in [4.69, 9.17) is 14.8 Å². The van der Waals surface area contributed by atoms with Gasteiger partial charge < -0.3 is 19.3 Å². The first kappa shape index (κ1) is 21.3. The standard InChI is InChI=1S/C18H28N5O3P/c1-5-8-9-15(27(24,25-6-2)26-7-3)10-14(4)11-23-13-22-16-17(19)20-12-21-18(16)23/h12-13H,5-9,11H2,1-4H3,(H2,19,20,21). The first-order valence-electron chi connectivity index (χ1n) is 9.21. The van der Waals surface area contributed by atoms with E-state index in [1.165, 1.54) is 6.33 Å². The average molecular weight is 393 g/mol. The first-order valence-corrected chi connectivity index (χ1v) is 10.8. The Bertz CT molecular complexity index is 876. The Hall–Kier alpha value is -1.98. The topological polar surface area (TPSA) is 105 Å². The van der Waals surface area contributed by atoms with Gasteiger partial charge in [-0.1, -0.05) is 13.3 Å². The number of nitrogen functional groups attached to an aromatic ring is 1. The van der Waals surface area contributed by atoms with Crippen LogP contribution in [0.1, 0.15) is 47.0 Å². The van der Waals surface area contributed by atoms with Gasteiger partial charge in [-0.2, -0.15) is 0 Å². The lowest BCUT2D eigenvalue weighted by molar-refractivity contribution is 0.225. The average Bonchev–Trinajstić information content (AvgIpc) is 3.03. The number of aromatic nitrogens is 4. The summed E-state index contributed by atoms with van der Waals surface area (Å²) in [6.07, 6.45) is 5.56. The van der Waals surface area contributed by atoms with Gasteiger partial charge >= 0.3 is 7.60 Å². The summed E-state index contributed by atoms with van der Waals surface area (Å²) in [6, 6.07) is 0. The summed E-state index contributed by atoms with van der Waals surface area (Å²) in [5.74, 6) is 0.344. The molecule has 0 bridgehead atoms. The largest absolute Gasteiger partial charge is 0.382 e. The molecule has 0 saturated carbocycles. The molecule has 9 heteroatoms. The summed E-state index contributed by atoms with van der Waals surface area (Å²) in [6.45, 7) is 8.74. The van der Waals surface area contributed by atoms with Crippen molar-refractivity contribution in [3.63, 3.8) is 0 Å². The van der Waals surface area contributed by atoms with Gasteiger partial charge in [0.2, 0.25) is 0 Å². The van der Waals surface area contributed by atoms with Gasteiger partial charge in [-0.15, -0.1) is 5.73 Å². The molecule has 8 nitrogen and oxygen atoms in total. The fourth-order valence-electron chi connectivity index (χ4n) is 2.70. The molecule has 0 unspecified atom stereocenters. The van der Waals surface area contributed by atoms with Crippen LogP contribution in [0.5, 0.6) is 0 Å². The Morgan fingerprint density at radius 3 is 2.56 bits per heavy atom. The fourth-order valence-corrected chi connectivity index (χ4v) is 4.53. The van der Waals surface area contributed by atoms with Crippen molar-refractivity contribution >= 4 is 24.6 Å². The minimum absolute atomic E-state index is 0.315. The number of nitrogens with two attached hydrogens (primary N) is 1. The summed E-state index contributed by atoms with van der Waals surface area (Å²) in [7, 11) is -3.34. The molecule has 0 aliphatic rings. The number of hydrogen-bond acceptors (Lipinski definition) is 7. The van der Waals surface area contributed by atoms with Crippen LogP contribution < -0.4 is 5.73 Å². The van der Waals surface area contributed by atoms with E-state index < -0.39 is 7.60 Å². The highest BCUT2D eigenvalue weighted by atomic mass is 31.2. The van der Waals surface area contributed by atoms with Crippen molar-refractivity contribution in [2.45, 2.75) is 53.5 Å². The van der Waals surface area contributed by atoms with Crippen molar-refractivity contribution in [1.29, 1.82) is 0 Å². The number of fused-ring (bicyclic) bond motifs is 1. The van der Waals surface area contributed by atoms with E-state index in [0.29, 0.717) is 48.5 Å². The van der Waals surface area contributed by atoms with Crippen LogP contribution in [0.25, 0.3) is 11.2 Å². The molecule has 27 heavy (non-hydrogen) atoms. The van der Waals surface area contributed by atoms with Gasteiger partial charge in [0.25, 0.3) is 0 Å². The van der Waals surface area contributed by atoms with Crippen LogP contribution in [0.3, 0.4) is 0 Å². The zero-order valence-electron chi connectivity index (χ0n) is 16.4. The Labute approximate surface area is 160 Å². The van der Waals surface area contributed by atoms with Crippen molar-refractivity contribution in [2.75, 3.05) is 18.9 Å². The summed E-state index contributed by atoms with van der Waals surface area (Å²) in [4.78, 5) is 12.5. The van der Waals surface area contributed by atoms with Crippen molar-refractivity contribution < 1.29 is 13.6 Å². The van der Waals surface area contributed by atoms with E-state index in [2.05, 4.69) is 27.6 Å². The van der Waals surface area contributed by atoms with Gasteiger partial charge in [0, 0.05) is 0 Å². The highest BCUT2D eigenvalue weighted by molar-refractivity contribution is 7.58. The van der Waals surface area contributed by atoms with E-state index in [0.717, 1.165) is 18.4 Å². The molecule has 0 amide bonds. The summed E-state index contributed by atoms with van der Waals surface area (Å²) >= 11 is 0. The maximum Gasteiger partial charge on any atom is 0.364 e. The van der Waals surface area contributed by atoms with Crippen LogP contribution >= 0.6 is 7.60 Å². The summed E-state index contributed by atoms with van der Waals surface area (Å²) in [5, 5.41) is 0.587. The Morgan fingerprint density at radius 1 is 1.22 bits per heavy atom. The maximum atomic E-state index is 13.2. The third kappa shape index (κ3) is 5.27. The molecule has 2 heterocycles. The normalized spacial score (nSPS) is 11.6. The van der Waals surface area contributed by atoms with E-state index in [1.807, 2.05) is 11.5 Å². The first-order chi connectivity index (χ1) is 12.9. The fraction of sp³-hybridized carbons (Fsp3) is 0.556. The van der Waals surface area contributed by atoms with Crippen molar-refractivity contribution in [2.24, 2.45) is 0 Å². The third-order valence-corrected chi connectivity index (χ3v) is 6.08. The number of anilines is 1. The number of imidazole rings is 1. The molecule has 148 valence electrons. The maximum absolute atomic E-state index is 13.2. The zero-order valence-corrected chi connectivity index (χ0v) is 17.3. The monoisotopic (exact) mass is 393 g/mol. The molecule has 0 aliphatic heterocycles. The number of hydrogen-bond donors (Lipinski definition) is 1. The summed E-state index contributed by atoms with van der Waals surface area (Å²) in [5.41, 5.74) is 11.2. The van der Waals surface area contributed by atoms with Crippen molar-refractivity contribution in [1.82, 2.24) is 19.5 Å². The van der Waals surface area contributed by atoms with E-state index >= 15 is 0 Å². The molecule has 0 atom stereocenters. The van der Waals surface area contributed by atoms with Gasteiger partial charge in [0.05, 0.1) is 31.4 Å². The number of unbranched alkanes of at least 4 members (excludes halogenated alkanes) is 1. The van der Waals surface area contributed by atoms with Crippen LogP contribution in [0, 0.1) is 0 Å². The Kier molecular flexibility index (Phi) is 7.75. The lowest BCUT2D eigenvalue weighted by Crippen LogP contribution is -2.01. The van der Waals surface area contributed by atoms with Crippen LogP contribution in [0.15, 0.2) is 29.3 Å². The van der Waals surface area contributed by atoms with Crippen molar-refractivity contribution in [3.8, 4) is 0 Å². The van der Waals surface area contributed by atoms with E-state index in [1.54, 1.807) is 20.2 Å². The second kappa shape index (κ2) is 9.81. The molecule has 2 rings (SSSR count). The second-order valence-corrected chi connectivity index (χ2v) is 8.14. The minimum Gasteiger partial charge on any atom is -0.382 e. The van der Waals surface area contributed by atoms with Crippen LogP contribution in [-0.4, -0.2) is 32.7 Å². The highest BCUT2D eigenvalue weighted by Gasteiger charge is 2.29. The molecule has 0 aromatic carbocycles. The van der Waals surface area contributed by atoms with Crippen LogP contribution in [-0.2, 0) is 20.2 Å². The van der Waals surface area contributed by atoms with Gasteiger partial charge in [-0.05, 0) is 39.2 Å². The SMILES string of the molecule is CCCCC(=C=C(C)Cn1cnc2c(N)ncnc21)P(=O)(OCC)OCC. The molecule has 0 fully saturated rings. The van der Waals surface area contributed by atoms with Gasteiger partial charge in [-0.3, -0.25) is 4.57 Å². The Morgan fingerprint density at radius 2 is 1.93 bits per heavy atom.